The molecule has 0 amide bonds. The zero-order valence-electron chi connectivity index (χ0n) is 26.3. The molecule has 0 unspecified atom stereocenters. The van der Waals surface area contributed by atoms with E-state index in [1.54, 1.807) is 59.4 Å². The third-order valence-electron chi connectivity index (χ3n) is 6.94. The second-order valence-electron chi connectivity index (χ2n) is 9.25. The lowest BCUT2D eigenvalue weighted by Crippen LogP contribution is -2.16. The fourth-order valence-corrected chi connectivity index (χ4v) is 5.10. The van der Waals surface area contributed by atoms with Gasteiger partial charge in [0, 0.05) is 62.7 Å². The Labute approximate surface area is 231 Å². The van der Waals surface area contributed by atoms with Gasteiger partial charge in [-0.1, -0.05) is 41.0 Å². The summed E-state index contributed by atoms with van der Waals surface area (Å²) in [5.41, 5.74) is 1.66. The van der Waals surface area contributed by atoms with E-state index >= 15 is 8.78 Å². The minimum Gasteiger partial charge on any atom is -0.292 e. The predicted octanol–water partition coefficient (Wildman–Crippen LogP) is 7.32. The molecule has 0 saturated carbocycles. The first-order chi connectivity index (χ1) is 21.3. The van der Waals surface area contributed by atoms with Gasteiger partial charge in [-0.2, -0.15) is 8.78 Å². The van der Waals surface area contributed by atoms with Crippen LogP contribution in [0.3, 0.4) is 0 Å². The zero-order chi connectivity index (χ0) is 31.7. The molecule has 3 aromatic heterocycles. The van der Waals surface area contributed by atoms with Crippen LogP contribution in [0, 0.1) is 6.85 Å². The highest BCUT2D eigenvalue weighted by molar-refractivity contribution is 6.09. The van der Waals surface area contributed by atoms with E-state index < -0.39 is 19.8 Å². The number of alkyl halides is 2. The summed E-state index contributed by atoms with van der Waals surface area (Å²) in [7, 11) is 0. The predicted molar refractivity (Wildman–Crippen MR) is 149 cm³/mol. The molecule has 6 aromatic rings. The van der Waals surface area contributed by atoms with Gasteiger partial charge >= 0.3 is 6.01 Å². The van der Waals surface area contributed by atoms with Crippen LogP contribution < -0.4 is 4.58 Å². The van der Waals surface area contributed by atoms with E-state index in [4.69, 9.17) is 8.22 Å². The molecular formula is C32H23F2N5+2. The van der Waals surface area contributed by atoms with Gasteiger partial charge in [-0.15, -0.1) is 0 Å². The normalized spacial score (nSPS) is 15.9. The van der Waals surface area contributed by atoms with Gasteiger partial charge in [0.05, 0.1) is 17.2 Å². The molecule has 0 aliphatic carbocycles. The number of benzene rings is 3. The molecule has 0 radical (unpaired) electrons. The summed E-state index contributed by atoms with van der Waals surface area (Å²) in [5.74, 6) is -3.21. The number of nitrogens with zero attached hydrogens (tertiary/aromatic N) is 5. The fourth-order valence-electron chi connectivity index (χ4n) is 5.10. The molecule has 1 aliphatic rings. The Hall–Kier alpha value is -5.00. The van der Waals surface area contributed by atoms with Gasteiger partial charge < -0.3 is 0 Å². The topological polar surface area (TPSA) is 36.7 Å². The quantitative estimate of drug-likeness (QED) is 0.228. The van der Waals surface area contributed by atoms with Gasteiger partial charge in [-0.25, -0.2) is 4.98 Å². The Morgan fingerprint density at radius 1 is 0.846 bits per heavy atom. The van der Waals surface area contributed by atoms with Gasteiger partial charge in [-0.3, -0.25) is 9.55 Å². The molecule has 0 N–H and O–H groups in total. The minimum atomic E-state index is -3.47. The van der Waals surface area contributed by atoms with E-state index in [0.29, 0.717) is 33.5 Å². The summed E-state index contributed by atoms with van der Waals surface area (Å²) in [5, 5.41) is 1.42. The van der Waals surface area contributed by atoms with E-state index in [-0.39, 0.29) is 22.5 Å². The molecule has 0 saturated heterocycles. The molecule has 5 nitrogen and oxygen atoms in total. The van der Waals surface area contributed by atoms with Gasteiger partial charge in [-0.05, 0) is 41.3 Å². The second-order valence-corrected chi connectivity index (χ2v) is 9.25. The maximum Gasteiger partial charge on any atom is 0.496 e. The lowest BCUT2D eigenvalue weighted by molar-refractivity contribution is -0.394. The number of hydrogen-bond donors (Lipinski definition) is 0. The summed E-state index contributed by atoms with van der Waals surface area (Å²) in [6.45, 7) is -4.91. The van der Waals surface area contributed by atoms with Crippen LogP contribution in [0.25, 0.3) is 27.6 Å². The van der Waals surface area contributed by atoms with Crippen LogP contribution in [0.4, 0.5) is 25.8 Å². The van der Waals surface area contributed by atoms with Crippen LogP contribution in [0.1, 0.15) is 24.9 Å². The van der Waals surface area contributed by atoms with Gasteiger partial charge in [0.15, 0.2) is 6.98 Å². The Morgan fingerprint density at radius 2 is 1.69 bits per heavy atom. The zero-order valence-corrected chi connectivity index (χ0v) is 20.3. The van der Waals surface area contributed by atoms with Crippen molar-refractivity contribution in [3.8, 4) is 5.82 Å². The van der Waals surface area contributed by atoms with Gasteiger partial charge in [0.25, 0.3) is 17.3 Å². The standard InChI is InChI=1S/C32H23F2N5/c1-21-12-15-36-31(16-21)39-29-18-23(10-11-25(29)26-13-14-35-19-30(26)39)32(33,34)22-6-5-7-24(17-22)38-20-37(2)27-8-3-4-9-28(27)38/h3-19H,1-2H3/q+2/i1D3,2D3. The second kappa shape index (κ2) is 8.51. The van der Waals surface area contributed by atoms with Crippen LogP contribution >= 0.6 is 0 Å². The molecule has 7 heteroatoms. The number of fused-ring (bicyclic) bond motifs is 4. The molecular weight excluding hydrogens is 492 g/mol. The maximum atomic E-state index is 16.4. The molecule has 0 spiro atoms. The van der Waals surface area contributed by atoms with Crippen molar-refractivity contribution in [1.82, 2.24) is 19.1 Å². The summed E-state index contributed by atoms with van der Waals surface area (Å²) in [6, 6.07) is 24.3. The van der Waals surface area contributed by atoms with E-state index in [2.05, 4.69) is 16.0 Å². The fraction of sp³-hybridized carbons (Fsp3) is 0.0938. The molecule has 188 valence electrons. The van der Waals surface area contributed by atoms with Crippen molar-refractivity contribution in [2.24, 2.45) is 0 Å². The van der Waals surface area contributed by atoms with Crippen LogP contribution in [0.2, 0.25) is 0 Å². The van der Waals surface area contributed by atoms with Crippen LogP contribution in [0.5, 0.6) is 0 Å². The van der Waals surface area contributed by atoms with Crippen molar-refractivity contribution in [1.29, 1.82) is 0 Å². The lowest BCUT2D eigenvalue weighted by atomic mass is 9.98. The van der Waals surface area contributed by atoms with Crippen molar-refractivity contribution >= 4 is 44.9 Å². The third kappa shape index (κ3) is 3.59. The van der Waals surface area contributed by atoms with E-state index in [9.17, 15) is 0 Å². The van der Waals surface area contributed by atoms with Crippen LogP contribution in [-0.2, 0) is 5.92 Å². The summed E-state index contributed by atoms with van der Waals surface area (Å²) < 4.78 is 84.2. The van der Waals surface area contributed by atoms with Crippen LogP contribution in [0.15, 0.2) is 104 Å². The number of rotatable bonds is 4. The average molecular weight is 522 g/mol. The van der Waals surface area contributed by atoms with Crippen molar-refractivity contribution in [2.45, 2.75) is 12.8 Å². The summed E-state index contributed by atoms with van der Waals surface area (Å²) >= 11 is 0. The highest BCUT2D eigenvalue weighted by atomic mass is 19.3. The molecule has 1 aliphatic heterocycles. The Kier molecular flexibility index (Phi) is 3.82. The third-order valence-corrected chi connectivity index (χ3v) is 6.94. The average Bonchev–Trinajstić information content (AvgIpc) is 3.57. The SMILES string of the molecule is [2H]C([2H])([2H])c1ccnc(-n2c3cnccc3c3ccc(C(F)(F)c4cccc([N+]5=C=[N+](C([2H])([2H])[2H])c6ccccc65)c4)cc32)c1. The molecule has 7 rings (SSSR count). The van der Waals surface area contributed by atoms with E-state index in [1.165, 1.54) is 53.2 Å². The molecule has 3 aromatic carbocycles. The van der Waals surface area contributed by atoms with Crippen molar-refractivity contribution < 1.29 is 21.6 Å². The molecule has 39 heavy (non-hydrogen) atoms. The lowest BCUT2D eigenvalue weighted by Gasteiger charge is -2.18. The van der Waals surface area contributed by atoms with Crippen molar-refractivity contribution in [3.05, 3.63) is 120 Å². The largest absolute Gasteiger partial charge is 0.496 e. The molecule has 0 fully saturated rings. The first-order valence-corrected chi connectivity index (χ1v) is 12.1. The number of halogens is 2. The first-order valence-electron chi connectivity index (χ1n) is 15.1. The number of pyridine rings is 2. The Morgan fingerprint density at radius 3 is 2.56 bits per heavy atom. The van der Waals surface area contributed by atoms with Gasteiger partial charge in [0.1, 0.15) is 9.93 Å². The minimum absolute atomic E-state index is 0.0684. The van der Waals surface area contributed by atoms with Crippen LogP contribution in [-0.4, -0.2) is 32.1 Å². The Bertz CT molecular complexity index is 2230. The van der Waals surface area contributed by atoms with Crippen molar-refractivity contribution in [3.63, 3.8) is 0 Å². The summed E-state index contributed by atoms with van der Waals surface area (Å²) in [4.78, 5) is 8.60. The summed E-state index contributed by atoms with van der Waals surface area (Å²) in [6.07, 6.45) is 4.57. The number of aromatic nitrogens is 3. The molecule has 4 heterocycles. The van der Waals surface area contributed by atoms with Crippen molar-refractivity contribution in [2.75, 3.05) is 6.98 Å². The monoisotopic (exact) mass is 521 g/mol. The Balaban J connectivity index is 1.38. The smallest absolute Gasteiger partial charge is 0.292 e. The van der Waals surface area contributed by atoms with Gasteiger partial charge in [0.2, 0.25) is 5.69 Å². The highest BCUT2D eigenvalue weighted by Crippen LogP contribution is 2.41. The maximum absolute atomic E-state index is 16.4. The highest BCUT2D eigenvalue weighted by Gasteiger charge is 2.38. The molecule has 0 bridgehead atoms. The van der Waals surface area contributed by atoms with E-state index in [1.807, 2.05) is 0 Å². The number of hydrogen-bond acceptors (Lipinski definition) is 2. The first kappa shape index (κ1) is 17.5. The number of aryl methyl sites for hydroxylation is 1. The van der Waals surface area contributed by atoms with E-state index in [0.717, 1.165) is 9.96 Å². The number of para-hydroxylation sites is 2. The molecule has 0 atom stereocenters.